The van der Waals surface area contributed by atoms with E-state index in [0.717, 1.165) is 65.8 Å². The van der Waals surface area contributed by atoms with Gasteiger partial charge in [-0.1, -0.05) is 31.2 Å². The SMILES string of the molecule is Cl.[C-]#[N+]c1ccc2c(N3CCC(O)CC3)nnc(NCc3ccc(OC)c(CC)c3)c2c1. The molecule has 0 unspecified atom stereocenters. The van der Waals surface area contributed by atoms with Crippen LogP contribution in [0.2, 0.25) is 0 Å². The molecule has 0 atom stereocenters. The van der Waals surface area contributed by atoms with Crippen LogP contribution in [0.3, 0.4) is 0 Å². The van der Waals surface area contributed by atoms with Crippen molar-refractivity contribution in [3.05, 3.63) is 58.9 Å². The zero-order valence-corrected chi connectivity index (χ0v) is 19.2. The van der Waals surface area contributed by atoms with Gasteiger partial charge in [-0.05, 0) is 42.5 Å². The Bertz CT molecular complexity index is 1120. The number of aliphatic hydroxyl groups excluding tert-OH is 1. The van der Waals surface area contributed by atoms with Gasteiger partial charge in [0.1, 0.15) is 5.75 Å². The highest BCUT2D eigenvalue weighted by atomic mass is 35.5. The van der Waals surface area contributed by atoms with Gasteiger partial charge in [-0.3, -0.25) is 0 Å². The fourth-order valence-corrected chi connectivity index (χ4v) is 4.04. The third-order valence-corrected chi connectivity index (χ3v) is 5.82. The van der Waals surface area contributed by atoms with Crippen LogP contribution in [0.25, 0.3) is 15.6 Å². The molecule has 1 aliphatic heterocycles. The predicted octanol–water partition coefficient (Wildman–Crippen LogP) is 4.75. The van der Waals surface area contributed by atoms with Crippen LogP contribution < -0.4 is 15.0 Å². The maximum Gasteiger partial charge on any atom is 0.188 e. The largest absolute Gasteiger partial charge is 0.496 e. The third kappa shape index (κ3) is 4.87. The maximum absolute atomic E-state index is 9.83. The zero-order valence-electron chi connectivity index (χ0n) is 18.3. The van der Waals surface area contributed by atoms with Gasteiger partial charge in [0.25, 0.3) is 0 Å². The van der Waals surface area contributed by atoms with Crippen LogP contribution in [0.4, 0.5) is 17.3 Å². The van der Waals surface area contributed by atoms with E-state index >= 15 is 0 Å². The lowest BCUT2D eigenvalue weighted by atomic mass is 10.1. The molecule has 1 saturated heterocycles. The Morgan fingerprint density at radius 1 is 1.16 bits per heavy atom. The van der Waals surface area contributed by atoms with Gasteiger partial charge in [-0.25, -0.2) is 4.85 Å². The van der Waals surface area contributed by atoms with Gasteiger partial charge in [0.2, 0.25) is 0 Å². The predicted molar refractivity (Wildman–Crippen MR) is 130 cm³/mol. The van der Waals surface area contributed by atoms with Crippen molar-refractivity contribution < 1.29 is 9.84 Å². The molecule has 8 heteroatoms. The smallest absolute Gasteiger partial charge is 0.188 e. The molecule has 1 aromatic heterocycles. The summed E-state index contributed by atoms with van der Waals surface area (Å²) < 4.78 is 5.42. The Morgan fingerprint density at radius 3 is 2.62 bits per heavy atom. The number of methoxy groups -OCH3 is 1. The molecule has 0 bridgehead atoms. The standard InChI is InChI=1S/C24H27N5O2.ClH/c1-4-17-13-16(5-8-22(17)31-3)15-26-23-21-14-18(25-2)6-7-20(21)24(28-27-23)29-11-9-19(30)10-12-29;/h5-8,13-14,19,30H,4,9-12,15H2,1,3H3,(H,26,27);1H. The second-order valence-electron chi connectivity index (χ2n) is 7.79. The summed E-state index contributed by atoms with van der Waals surface area (Å²) in [6.45, 7) is 11.6. The minimum absolute atomic E-state index is 0. The van der Waals surface area contributed by atoms with Crippen LogP contribution in [0.15, 0.2) is 36.4 Å². The van der Waals surface area contributed by atoms with Crippen LogP contribution in [0.5, 0.6) is 5.75 Å². The lowest BCUT2D eigenvalue weighted by Crippen LogP contribution is -2.36. The van der Waals surface area contributed by atoms with E-state index in [2.05, 4.69) is 38.2 Å². The first-order chi connectivity index (χ1) is 15.1. The Labute approximate surface area is 194 Å². The Kier molecular flexibility index (Phi) is 7.73. The number of aryl methyl sites for hydroxylation is 1. The highest BCUT2D eigenvalue weighted by Crippen LogP contribution is 2.33. The molecule has 7 nitrogen and oxygen atoms in total. The number of piperidine rings is 1. The van der Waals surface area contributed by atoms with Crippen LogP contribution in [-0.4, -0.2) is 41.6 Å². The van der Waals surface area contributed by atoms with Crippen molar-refractivity contribution >= 4 is 40.5 Å². The minimum atomic E-state index is -0.248. The summed E-state index contributed by atoms with van der Waals surface area (Å²) >= 11 is 0. The molecular formula is C24H28ClN5O2. The molecule has 32 heavy (non-hydrogen) atoms. The molecule has 0 spiro atoms. The number of anilines is 2. The summed E-state index contributed by atoms with van der Waals surface area (Å²) in [5.74, 6) is 2.37. The summed E-state index contributed by atoms with van der Waals surface area (Å²) in [7, 11) is 1.69. The molecule has 0 radical (unpaired) electrons. The number of aliphatic hydroxyl groups is 1. The molecule has 0 saturated carbocycles. The molecule has 2 aromatic carbocycles. The van der Waals surface area contributed by atoms with Crippen molar-refractivity contribution in [2.75, 3.05) is 30.4 Å². The molecule has 3 aromatic rings. The van der Waals surface area contributed by atoms with Crippen molar-refractivity contribution in [1.82, 2.24) is 10.2 Å². The topological polar surface area (TPSA) is 74.9 Å². The molecule has 0 amide bonds. The normalized spacial score (nSPS) is 14.0. The summed E-state index contributed by atoms with van der Waals surface area (Å²) in [5.41, 5.74) is 2.86. The second-order valence-corrected chi connectivity index (χ2v) is 7.79. The van der Waals surface area contributed by atoms with E-state index in [1.165, 1.54) is 0 Å². The van der Waals surface area contributed by atoms with Crippen molar-refractivity contribution in [3.63, 3.8) is 0 Å². The minimum Gasteiger partial charge on any atom is -0.496 e. The Balaban J connectivity index is 0.00000289. The van der Waals surface area contributed by atoms with Crippen LogP contribution >= 0.6 is 12.4 Å². The van der Waals surface area contributed by atoms with Gasteiger partial charge in [0, 0.05) is 30.4 Å². The van der Waals surface area contributed by atoms with Gasteiger partial charge in [-0.15, -0.1) is 22.6 Å². The lowest BCUT2D eigenvalue weighted by Gasteiger charge is -2.31. The molecule has 0 aliphatic carbocycles. The van der Waals surface area contributed by atoms with Crippen molar-refractivity contribution in [2.24, 2.45) is 0 Å². The summed E-state index contributed by atoms with van der Waals surface area (Å²) in [4.78, 5) is 5.75. The van der Waals surface area contributed by atoms with Gasteiger partial charge in [-0.2, -0.15) is 0 Å². The number of hydrogen-bond acceptors (Lipinski definition) is 6. The highest BCUT2D eigenvalue weighted by Gasteiger charge is 2.21. The average molecular weight is 454 g/mol. The van der Waals surface area contributed by atoms with Crippen molar-refractivity contribution in [3.8, 4) is 5.75 Å². The van der Waals surface area contributed by atoms with E-state index in [1.54, 1.807) is 7.11 Å². The zero-order chi connectivity index (χ0) is 21.8. The third-order valence-electron chi connectivity index (χ3n) is 5.82. The molecule has 2 heterocycles. The van der Waals surface area contributed by atoms with E-state index < -0.39 is 0 Å². The first-order valence-electron chi connectivity index (χ1n) is 10.6. The number of halogens is 1. The fraction of sp³-hybridized carbons (Fsp3) is 0.375. The quantitative estimate of drug-likeness (QED) is 0.525. The van der Waals surface area contributed by atoms with E-state index in [9.17, 15) is 5.11 Å². The number of aromatic nitrogens is 2. The number of nitrogens with zero attached hydrogens (tertiary/aromatic N) is 4. The number of nitrogens with one attached hydrogen (secondary N) is 1. The highest BCUT2D eigenvalue weighted by molar-refractivity contribution is 6.00. The molecule has 1 aliphatic rings. The van der Waals surface area contributed by atoms with Gasteiger partial charge in [0.15, 0.2) is 17.3 Å². The first kappa shape index (κ1) is 23.6. The average Bonchev–Trinajstić information content (AvgIpc) is 2.82. The number of hydrogen-bond donors (Lipinski definition) is 2. The lowest BCUT2D eigenvalue weighted by molar-refractivity contribution is 0.145. The van der Waals surface area contributed by atoms with Crippen LogP contribution in [-0.2, 0) is 13.0 Å². The van der Waals surface area contributed by atoms with E-state index in [-0.39, 0.29) is 18.5 Å². The number of rotatable bonds is 6. The molecule has 168 valence electrons. The monoisotopic (exact) mass is 453 g/mol. The maximum atomic E-state index is 9.83. The van der Waals surface area contributed by atoms with E-state index in [1.807, 2.05) is 30.3 Å². The summed E-state index contributed by atoms with van der Waals surface area (Å²) in [6, 6.07) is 11.8. The Morgan fingerprint density at radius 2 is 1.94 bits per heavy atom. The molecule has 2 N–H and O–H groups in total. The van der Waals surface area contributed by atoms with E-state index in [4.69, 9.17) is 11.3 Å². The second kappa shape index (κ2) is 10.5. The fourth-order valence-electron chi connectivity index (χ4n) is 4.04. The van der Waals surface area contributed by atoms with Crippen molar-refractivity contribution in [1.29, 1.82) is 0 Å². The van der Waals surface area contributed by atoms with Crippen LogP contribution in [0.1, 0.15) is 30.9 Å². The molecule has 4 rings (SSSR count). The van der Waals surface area contributed by atoms with E-state index in [0.29, 0.717) is 18.1 Å². The van der Waals surface area contributed by atoms with Crippen LogP contribution in [0, 0.1) is 6.57 Å². The summed E-state index contributed by atoms with van der Waals surface area (Å²) in [5, 5.41) is 24.1. The van der Waals surface area contributed by atoms with Gasteiger partial charge >= 0.3 is 0 Å². The van der Waals surface area contributed by atoms with Gasteiger partial charge < -0.3 is 20.1 Å². The summed E-state index contributed by atoms with van der Waals surface area (Å²) in [6.07, 6.45) is 2.09. The Hall–Kier alpha value is -3.08. The molecular weight excluding hydrogens is 426 g/mol. The first-order valence-corrected chi connectivity index (χ1v) is 10.6. The number of benzene rings is 2. The van der Waals surface area contributed by atoms with Crippen molar-refractivity contribution in [2.45, 2.75) is 38.8 Å². The number of fused-ring (bicyclic) bond motifs is 1. The van der Waals surface area contributed by atoms with Gasteiger partial charge in [0.05, 0.1) is 19.8 Å². The number of ether oxygens (including phenoxy) is 1. The molecule has 1 fully saturated rings.